The molecule has 94 valence electrons. The second kappa shape index (κ2) is 5.43. The van der Waals surface area contributed by atoms with Gasteiger partial charge in [0.1, 0.15) is 0 Å². The Morgan fingerprint density at radius 3 is 1.07 bits per heavy atom. The molecule has 5 heteroatoms. The second-order valence-corrected chi connectivity index (χ2v) is 10.4. The molecule has 0 rings (SSSR count). The summed E-state index contributed by atoms with van der Waals surface area (Å²) in [4.78, 5) is 0. The van der Waals surface area contributed by atoms with E-state index >= 15 is 0 Å². The Bertz CT molecular complexity index is 303. The Labute approximate surface area is 97.0 Å². The van der Waals surface area contributed by atoms with Crippen LogP contribution >= 0.6 is 0 Å². The van der Waals surface area contributed by atoms with Crippen LogP contribution < -0.4 is 0 Å². The van der Waals surface area contributed by atoms with Gasteiger partial charge in [0.05, 0.1) is 4.75 Å². The van der Waals surface area contributed by atoms with Gasteiger partial charge in [-0.1, -0.05) is 0 Å². The average Bonchev–Trinajstić information content (AvgIpc) is 1.80. The summed E-state index contributed by atoms with van der Waals surface area (Å²) in [5.41, 5.74) is 0. The van der Waals surface area contributed by atoms with Crippen LogP contribution in [0.3, 0.4) is 0 Å². The fourth-order valence-electron chi connectivity index (χ4n) is 0. The fourth-order valence-corrected chi connectivity index (χ4v) is 0. The Kier molecular flexibility index (Phi) is 6.34. The van der Waals surface area contributed by atoms with Crippen LogP contribution in [-0.2, 0) is 20.6 Å². The molecule has 0 bridgehead atoms. The largest absolute Gasteiger partial charge is 0.259 e. The lowest BCUT2D eigenvalue weighted by Crippen LogP contribution is -2.26. The van der Waals surface area contributed by atoms with Crippen LogP contribution in [0.15, 0.2) is 0 Å². The highest BCUT2D eigenvalue weighted by Gasteiger charge is 2.22. The summed E-state index contributed by atoms with van der Waals surface area (Å²) in [6.07, 6.45) is 2.97. The van der Waals surface area contributed by atoms with Crippen molar-refractivity contribution in [3.8, 4) is 0 Å². The maximum absolute atomic E-state index is 10.7. The first kappa shape index (κ1) is 17.5. The predicted molar refractivity (Wildman–Crippen MR) is 68.4 cm³/mol. The van der Waals surface area contributed by atoms with E-state index in [4.69, 9.17) is 0 Å². The van der Waals surface area contributed by atoms with E-state index in [0.717, 1.165) is 0 Å². The molecular formula is C10H24O3S2. The van der Waals surface area contributed by atoms with Crippen molar-refractivity contribution in [2.75, 3.05) is 12.5 Å². The number of hydrogen-bond acceptors (Lipinski definition) is 3. The van der Waals surface area contributed by atoms with Crippen molar-refractivity contribution in [1.82, 2.24) is 0 Å². The van der Waals surface area contributed by atoms with E-state index in [9.17, 15) is 12.6 Å². The summed E-state index contributed by atoms with van der Waals surface area (Å²) < 4.78 is 31.3. The van der Waals surface area contributed by atoms with Gasteiger partial charge in [0.15, 0.2) is 9.84 Å². The Balaban J connectivity index is 0. The van der Waals surface area contributed by atoms with Crippen molar-refractivity contribution < 1.29 is 12.6 Å². The lowest BCUT2D eigenvalue weighted by molar-refractivity contribution is 0.566. The van der Waals surface area contributed by atoms with Gasteiger partial charge >= 0.3 is 0 Å². The molecule has 1 atom stereocenters. The maximum atomic E-state index is 10.7. The third-order valence-corrected chi connectivity index (χ3v) is 5.92. The third kappa shape index (κ3) is 9.05. The standard InChI is InChI=1S/C5H12O2S.C5H12OS/c1-5(2,3)8(4,6)7;1-5(2,3)7(4)6/h1-4H3;1-4H3. The van der Waals surface area contributed by atoms with Crippen molar-refractivity contribution in [1.29, 1.82) is 0 Å². The van der Waals surface area contributed by atoms with E-state index in [2.05, 4.69) is 0 Å². The highest BCUT2D eigenvalue weighted by molar-refractivity contribution is 7.92. The van der Waals surface area contributed by atoms with E-state index in [-0.39, 0.29) is 4.75 Å². The molecule has 0 aromatic rings. The summed E-state index contributed by atoms with van der Waals surface area (Å²) in [5.74, 6) is 0. The van der Waals surface area contributed by atoms with Gasteiger partial charge in [-0.3, -0.25) is 4.21 Å². The first-order valence-electron chi connectivity index (χ1n) is 4.72. The van der Waals surface area contributed by atoms with Crippen LogP contribution in [0.2, 0.25) is 0 Å². The van der Waals surface area contributed by atoms with Crippen molar-refractivity contribution in [2.45, 2.75) is 51.0 Å². The zero-order chi connectivity index (χ0) is 13.1. The van der Waals surface area contributed by atoms with E-state index in [1.165, 1.54) is 6.26 Å². The molecule has 0 amide bonds. The maximum Gasteiger partial charge on any atom is 0.152 e. The predicted octanol–water partition coefficient (Wildman–Crippen LogP) is 1.99. The average molecular weight is 256 g/mol. The lowest BCUT2D eigenvalue weighted by atomic mass is 10.3. The van der Waals surface area contributed by atoms with Crippen molar-refractivity contribution in [2.24, 2.45) is 0 Å². The van der Waals surface area contributed by atoms with Crippen molar-refractivity contribution >= 4 is 20.6 Å². The topological polar surface area (TPSA) is 51.2 Å². The molecule has 0 aromatic heterocycles. The quantitative estimate of drug-likeness (QED) is 0.666. The smallest absolute Gasteiger partial charge is 0.152 e. The van der Waals surface area contributed by atoms with E-state index in [1.54, 1.807) is 27.0 Å². The molecule has 0 fully saturated rings. The first-order valence-corrected chi connectivity index (χ1v) is 8.17. The van der Waals surface area contributed by atoms with Crippen molar-refractivity contribution in [3.63, 3.8) is 0 Å². The van der Waals surface area contributed by atoms with Crippen LogP contribution in [0.25, 0.3) is 0 Å². The molecule has 15 heavy (non-hydrogen) atoms. The van der Waals surface area contributed by atoms with Gasteiger partial charge < -0.3 is 0 Å². The molecule has 0 saturated heterocycles. The SMILES string of the molecule is CC(C)(C)S(C)(=O)=O.CS(=O)C(C)(C)C. The van der Waals surface area contributed by atoms with Crippen LogP contribution in [0.4, 0.5) is 0 Å². The molecule has 0 radical (unpaired) electrons. The zero-order valence-corrected chi connectivity index (χ0v) is 12.7. The van der Waals surface area contributed by atoms with Gasteiger partial charge in [-0.2, -0.15) is 0 Å². The molecule has 0 heterocycles. The van der Waals surface area contributed by atoms with E-state index < -0.39 is 25.4 Å². The number of rotatable bonds is 0. The first-order chi connectivity index (χ1) is 6.19. The molecule has 0 saturated carbocycles. The molecule has 0 N–H and O–H groups in total. The molecule has 3 nitrogen and oxygen atoms in total. The Hall–Kier alpha value is 0.1000. The highest BCUT2D eigenvalue weighted by Crippen LogP contribution is 2.11. The zero-order valence-electron chi connectivity index (χ0n) is 11.0. The molecule has 0 aliphatic carbocycles. The summed E-state index contributed by atoms with van der Waals surface area (Å²) in [6, 6.07) is 0. The van der Waals surface area contributed by atoms with Crippen molar-refractivity contribution in [3.05, 3.63) is 0 Å². The fraction of sp³-hybridized carbons (Fsp3) is 1.00. The van der Waals surface area contributed by atoms with Gasteiger partial charge in [0.2, 0.25) is 0 Å². The minimum absolute atomic E-state index is 0.0278. The Morgan fingerprint density at radius 1 is 0.933 bits per heavy atom. The van der Waals surface area contributed by atoms with Crippen LogP contribution in [0.1, 0.15) is 41.5 Å². The lowest BCUT2D eigenvalue weighted by Gasteiger charge is -2.14. The minimum Gasteiger partial charge on any atom is -0.259 e. The van der Waals surface area contributed by atoms with Gasteiger partial charge in [-0.15, -0.1) is 0 Å². The number of hydrogen-bond donors (Lipinski definition) is 0. The molecule has 1 unspecified atom stereocenters. The number of sulfone groups is 1. The molecule has 0 aliphatic heterocycles. The molecule has 0 spiro atoms. The summed E-state index contributed by atoms with van der Waals surface area (Å²) in [5, 5.41) is 0. The van der Waals surface area contributed by atoms with Gasteiger partial charge in [0, 0.05) is 28.1 Å². The van der Waals surface area contributed by atoms with E-state index in [0.29, 0.717) is 0 Å². The monoisotopic (exact) mass is 256 g/mol. The van der Waals surface area contributed by atoms with E-state index in [1.807, 2.05) is 20.8 Å². The Morgan fingerprint density at radius 2 is 1.07 bits per heavy atom. The summed E-state index contributed by atoms with van der Waals surface area (Å²) in [6.45, 7) is 10.9. The molecular weight excluding hydrogens is 232 g/mol. The molecule has 0 aliphatic rings. The summed E-state index contributed by atoms with van der Waals surface area (Å²) >= 11 is 0. The van der Waals surface area contributed by atoms with Crippen LogP contribution in [-0.4, -0.2) is 34.6 Å². The van der Waals surface area contributed by atoms with Gasteiger partial charge in [-0.05, 0) is 41.5 Å². The van der Waals surface area contributed by atoms with Gasteiger partial charge in [0.25, 0.3) is 0 Å². The van der Waals surface area contributed by atoms with Crippen LogP contribution in [0, 0.1) is 0 Å². The third-order valence-electron chi connectivity index (χ3n) is 1.97. The molecule has 0 aromatic carbocycles. The van der Waals surface area contributed by atoms with Crippen LogP contribution in [0.5, 0.6) is 0 Å². The minimum atomic E-state index is -2.84. The second-order valence-electron chi connectivity index (χ2n) is 5.45. The normalized spacial score (nSPS) is 15.2. The highest BCUT2D eigenvalue weighted by atomic mass is 32.2. The summed E-state index contributed by atoms with van der Waals surface area (Å²) in [7, 11) is -3.52. The van der Waals surface area contributed by atoms with Gasteiger partial charge in [-0.25, -0.2) is 8.42 Å².